The molecule has 0 aliphatic rings. The van der Waals surface area contributed by atoms with Gasteiger partial charge in [-0.3, -0.25) is 4.68 Å². The molecular formula is C17H34N4. The number of unbranched alkanes of at least 4 members (excludes halogenated alkanes) is 6. The fourth-order valence-electron chi connectivity index (χ4n) is 2.76. The van der Waals surface area contributed by atoms with Crippen LogP contribution in [0, 0.1) is 0 Å². The third kappa shape index (κ3) is 7.60. The Labute approximate surface area is 130 Å². The minimum atomic E-state index is 0.528. The van der Waals surface area contributed by atoms with Crippen molar-refractivity contribution >= 4 is 0 Å². The minimum absolute atomic E-state index is 0.528. The second kappa shape index (κ2) is 11.7. The van der Waals surface area contributed by atoms with Gasteiger partial charge < -0.3 is 5.32 Å². The van der Waals surface area contributed by atoms with Crippen LogP contribution in [0.25, 0.3) is 0 Å². The van der Waals surface area contributed by atoms with Crippen LogP contribution in [0.2, 0.25) is 0 Å². The maximum absolute atomic E-state index is 4.41. The molecule has 0 saturated heterocycles. The summed E-state index contributed by atoms with van der Waals surface area (Å²) in [6.07, 6.45) is 14.6. The molecule has 0 radical (unpaired) electrons. The summed E-state index contributed by atoms with van der Waals surface area (Å²) in [5, 5.41) is 7.75. The molecule has 0 bridgehead atoms. The predicted octanol–water partition coefficient (Wildman–Crippen LogP) is 3.96. The topological polar surface area (TPSA) is 42.7 Å². The first-order chi connectivity index (χ1) is 10.3. The monoisotopic (exact) mass is 294 g/mol. The minimum Gasteiger partial charge on any atom is -0.317 e. The molecule has 122 valence electrons. The number of nitrogens with zero attached hydrogens (tertiary/aromatic N) is 3. The van der Waals surface area contributed by atoms with Gasteiger partial charge in [0.05, 0.1) is 0 Å². The number of rotatable bonds is 13. The lowest BCUT2D eigenvalue weighted by Crippen LogP contribution is -2.29. The van der Waals surface area contributed by atoms with Crippen molar-refractivity contribution in [3.63, 3.8) is 0 Å². The molecular weight excluding hydrogens is 260 g/mol. The first-order valence-electron chi connectivity index (χ1n) is 8.85. The number of nitrogens with one attached hydrogen (secondary N) is 1. The molecule has 4 nitrogen and oxygen atoms in total. The van der Waals surface area contributed by atoms with E-state index in [1.165, 1.54) is 51.4 Å². The Hall–Kier alpha value is -0.900. The molecule has 0 saturated carbocycles. The van der Waals surface area contributed by atoms with Crippen LogP contribution < -0.4 is 5.32 Å². The van der Waals surface area contributed by atoms with Crippen LogP contribution in [0.15, 0.2) is 6.33 Å². The van der Waals surface area contributed by atoms with Crippen molar-refractivity contribution < 1.29 is 0 Å². The van der Waals surface area contributed by atoms with E-state index in [-0.39, 0.29) is 0 Å². The zero-order valence-electron chi connectivity index (χ0n) is 14.3. The van der Waals surface area contributed by atoms with Crippen LogP contribution in [0.4, 0.5) is 0 Å². The molecule has 21 heavy (non-hydrogen) atoms. The van der Waals surface area contributed by atoms with Crippen molar-refractivity contribution in [2.45, 2.75) is 90.6 Å². The summed E-state index contributed by atoms with van der Waals surface area (Å²) in [6.45, 7) is 5.43. The Morgan fingerprint density at radius 1 is 1.05 bits per heavy atom. The normalized spacial score (nSPS) is 12.7. The van der Waals surface area contributed by atoms with E-state index >= 15 is 0 Å². The highest BCUT2D eigenvalue weighted by Gasteiger charge is 2.11. The quantitative estimate of drug-likeness (QED) is 0.560. The van der Waals surface area contributed by atoms with E-state index < -0.39 is 0 Å². The van der Waals surface area contributed by atoms with Crippen LogP contribution >= 0.6 is 0 Å². The average Bonchev–Trinajstić information content (AvgIpc) is 2.92. The number of likely N-dealkylation sites (N-methyl/N-ethyl adjacent to an activating group) is 1. The molecule has 1 unspecified atom stereocenters. The van der Waals surface area contributed by atoms with Crippen molar-refractivity contribution in [1.82, 2.24) is 20.1 Å². The molecule has 0 aliphatic heterocycles. The lowest BCUT2D eigenvalue weighted by molar-refractivity contribution is 0.455. The zero-order chi connectivity index (χ0) is 15.3. The fourth-order valence-corrected chi connectivity index (χ4v) is 2.76. The Morgan fingerprint density at radius 3 is 2.43 bits per heavy atom. The number of hydrogen-bond acceptors (Lipinski definition) is 3. The van der Waals surface area contributed by atoms with Gasteiger partial charge in [-0.25, -0.2) is 4.98 Å². The smallest absolute Gasteiger partial charge is 0.138 e. The average molecular weight is 294 g/mol. The van der Waals surface area contributed by atoms with E-state index in [0.29, 0.717) is 6.04 Å². The van der Waals surface area contributed by atoms with Crippen LogP contribution in [0.3, 0.4) is 0 Å². The second-order valence-electron chi connectivity index (χ2n) is 6.00. The third-order valence-corrected chi connectivity index (χ3v) is 4.12. The van der Waals surface area contributed by atoms with Crippen LogP contribution in [-0.2, 0) is 13.0 Å². The molecule has 0 spiro atoms. The van der Waals surface area contributed by atoms with E-state index in [9.17, 15) is 0 Å². The van der Waals surface area contributed by atoms with Crippen molar-refractivity contribution in [1.29, 1.82) is 0 Å². The molecule has 1 N–H and O–H groups in total. The summed E-state index contributed by atoms with van der Waals surface area (Å²) in [5.74, 6) is 1.12. The molecule has 1 aromatic rings. The Morgan fingerprint density at radius 2 is 1.76 bits per heavy atom. The Balaban J connectivity index is 2.20. The number of hydrogen-bond donors (Lipinski definition) is 1. The van der Waals surface area contributed by atoms with Gasteiger partial charge in [-0.1, -0.05) is 58.8 Å². The molecule has 4 heteroatoms. The molecule has 1 rings (SSSR count). The first-order valence-corrected chi connectivity index (χ1v) is 8.85. The van der Waals surface area contributed by atoms with Crippen molar-refractivity contribution in [2.75, 3.05) is 7.05 Å². The van der Waals surface area contributed by atoms with Crippen LogP contribution in [-0.4, -0.2) is 27.9 Å². The number of aromatic nitrogens is 3. The Bertz CT molecular complexity index is 348. The highest BCUT2D eigenvalue weighted by molar-refractivity contribution is 4.89. The van der Waals surface area contributed by atoms with Crippen molar-refractivity contribution in [3.8, 4) is 0 Å². The van der Waals surface area contributed by atoms with Gasteiger partial charge in [0.15, 0.2) is 0 Å². The van der Waals surface area contributed by atoms with E-state index in [0.717, 1.165) is 25.2 Å². The summed E-state index contributed by atoms with van der Waals surface area (Å²) in [5.41, 5.74) is 0. The summed E-state index contributed by atoms with van der Waals surface area (Å²) in [6, 6.07) is 0.528. The van der Waals surface area contributed by atoms with Gasteiger partial charge in [0.1, 0.15) is 12.2 Å². The van der Waals surface area contributed by atoms with Gasteiger partial charge in [0, 0.05) is 19.0 Å². The van der Waals surface area contributed by atoms with Crippen molar-refractivity contribution in [2.24, 2.45) is 0 Å². The van der Waals surface area contributed by atoms with Gasteiger partial charge in [-0.05, 0) is 19.9 Å². The fraction of sp³-hybridized carbons (Fsp3) is 0.882. The SMILES string of the molecule is CCCCCCCCCC(Cc1ncnn1CCC)NC. The predicted molar refractivity (Wildman–Crippen MR) is 89.5 cm³/mol. The summed E-state index contributed by atoms with van der Waals surface area (Å²) in [4.78, 5) is 4.41. The highest BCUT2D eigenvalue weighted by Crippen LogP contribution is 2.12. The van der Waals surface area contributed by atoms with E-state index in [4.69, 9.17) is 0 Å². The van der Waals surface area contributed by atoms with E-state index in [2.05, 4.69) is 41.0 Å². The molecule has 0 fully saturated rings. The number of aryl methyl sites for hydroxylation is 1. The molecule has 0 aliphatic carbocycles. The molecule has 1 heterocycles. The summed E-state index contributed by atoms with van der Waals surface area (Å²) < 4.78 is 2.05. The highest BCUT2D eigenvalue weighted by atomic mass is 15.3. The van der Waals surface area contributed by atoms with Gasteiger partial charge >= 0.3 is 0 Å². The van der Waals surface area contributed by atoms with Gasteiger partial charge in [0.2, 0.25) is 0 Å². The lowest BCUT2D eigenvalue weighted by atomic mass is 10.0. The van der Waals surface area contributed by atoms with Gasteiger partial charge in [-0.2, -0.15) is 5.10 Å². The maximum Gasteiger partial charge on any atom is 0.138 e. The van der Waals surface area contributed by atoms with E-state index in [1.54, 1.807) is 6.33 Å². The molecule has 0 amide bonds. The summed E-state index contributed by atoms with van der Waals surface area (Å²) in [7, 11) is 2.06. The first kappa shape index (κ1) is 18.1. The lowest BCUT2D eigenvalue weighted by Gasteiger charge is -2.16. The standard InChI is InChI=1S/C17H34N4/c1-4-6-7-8-9-10-11-12-16(18-3)14-17-19-15-20-21(17)13-5-2/h15-16,18H,4-14H2,1-3H3. The summed E-state index contributed by atoms with van der Waals surface area (Å²) >= 11 is 0. The zero-order valence-corrected chi connectivity index (χ0v) is 14.3. The Kier molecular flexibility index (Phi) is 10.1. The van der Waals surface area contributed by atoms with Crippen molar-refractivity contribution in [3.05, 3.63) is 12.2 Å². The maximum atomic E-state index is 4.41. The molecule has 0 aromatic carbocycles. The molecule has 1 aromatic heterocycles. The third-order valence-electron chi connectivity index (χ3n) is 4.12. The van der Waals surface area contributed by atoms with Crippen LogP contribution in [0.1, 0.15) is 77.5 Å². The van der Waals surface area contributed by atoms with Gasteiger partial charge in [0.25, 0.3) is 0 Å². The van der Waals surface area contributed by atoms with Crippen LogP contribution in [0.5, 0.6) is 0 Å². The van der Waals surface area contributed by atoms with E-state index in [1.807, 2.05) is 0 Å². The second-order valence-corrected chi connectivity index (χ2v) is 6.00. The van der Waals surface area contributed by atoms with Gasteiger partial charge in [-0.15, -0.1) is 0 Å². The largest absolute Gasteiger partial charge is 0.317 e. The molecule has 1 atom stereocenters.